The molecule has 0 unspecified atom stereocenters. The van der Waals surface area contributed by atoms with Crippen LogP contribution in [0, 0.1) is 5.92 Å². The first kappa shape index (κ1) is 16.2. The largest absolute Gasteiger partial charge is 0.335 e. The zero-order valence-electron chi connectivity index (χ0n) is 14.2. The fraction of sp³-hybridized carbons (Fsp3) is 0.667. The molecule has 1 aromatic heterocycles. The summed E-state index contributed by atoms with van der Waals surface area (Å²) in [6, 6.07) is 6.77. The number of urea groups is 1. The average Bonchev–Trinajstić information content (AvgIpc) is 2.53. The van der Waals surface area contributed by atoms with Crippen LogP contribution in [0.25, 0.3) is 0 Å². The number of pyridine rings is 1. The van der Waals surface area contributed by atoms with E-state index in [-0.39, 0.29) is 6.03 Å². The maximum absolute atomic E-state index is 12.4. The van der Waals surface area contributed by atoms with E-state index in [9.17, 15) is 4.79 Å². The number of hydrogen-bond donors (Lipinski definition) is 1. The molecule has 2 fully saturated rings. The summed E-state index contributed by atoms with van der Waals surface area (Å²) in [5.41, 5.74) is 1.10. The summed E-state index contributed by atoms with van der Waals surface area (Å²) in [7, 11) is 0. The van der Waals surface area contributed by atoms with Gasteiger partial charge in [0.2, 0.25) is 0 Å². The Labute approximate surface area is 139 Å². The van der Waals surface area contributed by atoms with Gasteiger partial charge in [0.25, 0.3) is 0 Å². The zero-order valence-corrected chi connectivity index (χ0v) is 14.2. The molecule has 1 aromatic rings. The van der Waals surface area contributed by atoms with Gasteiger partial charge in [-0.05, 0) is 44.7 Å². The average molecular weight is 316 g/mol. The molecule has 2 atom stereocenters. The lowest BCUT2D eigenvalue weighted by Crippen LogP contribution is -2.54. The molecule has 1 aliphatic heterocycles. The third kappa shape index (κ3) is 3.83. The van der Waals surface area contributed by atoms with Gasteiger partial charge in [-0.25, -0.2) is 4.79 Å². The Hall–Kier alpha value is -1.62. The summed E-state index contributed by atoms with van der Waals surface area (Å²) in [5, 5.41) is 3.18. The molecule has 2 heterocycles. The van der Waals surface area contributed by atoms with E-state index in [1.165, 1.54) is 19.3 Å². The van der Waals surface area contributed by atoms with Crippen LogP contribution < -0.4 is 5.32 Å². The highest BCUT2D eigenvalue weighted by Gasteiger charge is 2.29. The van der Waals surface area contributed by atoms with Crippen LogP contribution in [-0.4, -0.2) is 53.0 Å². The normalized spacial score (nSPS) is 22.3. The number of nitrogens with zero attached hydrogens (tertiary/aromatic N) is 3. The molecule has 23 heavy (non-hydrogen) atoms. The van der Waals surface area contributed by atoms with Crippen molar-refractivity contribution in [1.82, 2.24) is 20.1 Å². The number of carbonyl (C=O) groups is 1. The van der Waals surface area contributed by atoms with E-state index >= 15 is 0 Å². The van der Waals surface area contributed by atoms with Crippen LogP contribution in [0.4, 0.5) is 4.79 Å². The Kier molecular flexibility index (Phi) is 5.16. The van der Waals surface area contributed by atoms with Gasteiger partial charge >= 0.3 is 6.03 Å². The SMILES string of the molecule is C[C@H](c1ccccn1)N1CCN(C(=O)N[C@H](C)C2CCC2)CC1. The lowest BCUT2D eigenvalue weighted by atomic mass is 9.80. The van der Waals surface area contributed by atoms with Crippen LogP contribution >= 0.6 is 0 Å². The molecule has 1 aliphatic carbocycles. The highest BCUT2D eigenvalue weighted by molar-refractivity contribution is 5.74. The number of piperazine rings is 1. The van der Waals surface area contributed by atoms with E-state index in [1.807, 2.05) is 23.2 Å². The molecule has 5 heteroatoms. The molecule has 2 aliphatic rings. The van der Waals surface area contributed by atoms with Gasteiger partial charge in [0, 0.05) is 44.5 Å². The van der Waals surface area contributed by atoms with Crippen molar-refractivity contribution in [3.8, 4) is 0 Å². The van der Waals surface area contributed by atoms with Crippen LogP contribution in [0.2, 0.25) is 0 Å². The van der Waals surface area contributed by atoms with Gasteiger partial charge in [0.15, 0.2) is 0 Å². The van der Waals surface area contributed by atoms with Crippen molar-refractivity contribution in [2.75, 3.05) is 26.2 Å². The summed E-state index contributed by atoms with van der Waals surface area (Å²) in [4.78, 5) is 21.2. The maximum atomic E-state index is 12.4. The Morgan fingerprint density at radius 3 is 2.52 bits per heavy atom. The maximum Gasteiger partial charge on any atom is 0.317 e. The highest BCUT2D eigenvalue weighted by atomic mass is 16.2. The van der Waals surface area contributed by atoms with E-state index in [1.54, 1.807) is 0 Å². The summed E-state index contributed by atoms with van der Waals surface area (Å²) >= 11 is 0. The summed E-state index contributed by atoms with van der Waals surface area (Å²) < 4.78 is 0. The van der Waals surface area contributed by atoms with Gasteiger partial charge in [0.1, 0.15) is 0 Å². The topological polar surface area (TPSA) is 48.5 Å². The van der Waals surface area contributed by atoms with Crippen molar-refractivity contribution < 1.29 is 4.79 Å². The Bertz CT molecular complexity index is 509. The van der Waals surface area contributed by atoms with Crippen LogP contribution in [0.15, 0.2) is 24.4 Å². The van der Waals surface area contributed by atoms with Crippen LogP contribution in [0.1, 0.15) is 44.8 Å². The number of nitrogens with one attached hydrogen (secondary N) is 1. The van der Waals surface area contributed by atoms with Crippen molar-refractivity contribution in [2.24, 2.45) is 5.92 Å². The quantitative estimate of drug-likeness (QED) is 0.929. The predicted molar refractivity (Wildman–Crippen MR) is 91.1 cm³/mol. The number of amides is 2. The van der Waals surface area contributed by atoms with E-state index in [4.69, 9.17) is 0 Å². The molecular formula is C18H28N4O. The highest BCUT2D eigenvalue weighted by Crippen LogP contribution is 2.29. The van der Waals surface area contributed by atoms with Gasteiger partial charge in [-0.2, -0.15) is 0 Å². The van der Waals surface area contributed by atoms with Crippen LogP contribution in [-0.2, 0) is 0 Å². The molecule has 3 rings (SSSR count). The molecular weight excluding hydrogens is 288 g/mol. The molecule has 5 nitrogen and oxygen atoms in total. The minimum Gasteiger partial charge on any atom is -0.335 e. The van der Waals surface area contributed by atoms with Crippen molar-refractivity contribution in [1.29, 1.82) is 0 Å². The van der Waals surface area contributed by atoms with Gasteiger partial charge in [-0.3, -0.25) is 9.88 Å². The van der Waals surface area contributed by atoms with Crippen LogP contribution in [0.3, 0.4) is 0 Å². The lowest BCUT2D eigenvalue weighted by molar-refractivity contribution is 0.108. The molecule has 0 aromatic carbocycles. The Morgan fingerprint density at radius 2 is 1.96 bits per heavy atom. The van der Waals surface area contributed by atoms with Crippen molar-refractivity contribution in [3.63, 3.8) is 0 Å². The Balaban J connectivity index is 1.47. The third-order valence-corrected chi connectivity index (χ3v) is 5.47. The first-order chi connectivity index (χ1) is 11.1. The lowest BCUT2D eigenvalue weighted by Gasteiger charge is -2.39. The van der Waals surface area contributed by atoms with Crippen molar-refractivity contribution in [3.05, 3.63) is 30.1 Å². The second-order valence-corrected chi connectivity index (χ2v) is 6.88. The van der Waals surface area contributed by atoms with E-state index in [0.29, 0.717) is 18.0 Å². The van der Waals surface area contributed by atoms with E-state index in [0.717, 1.165) is 31.9 Å². The second-order valence-electron chi connectivity index (χ2n) is 6.88. The fourth-order valence-electron chi connectivity index (χ4n) is 3.47. The van der Waals surface area contributed by atoms with Crippen molar-refractivity contribution in [2.45, 2.75) is 45.2 Å². The van der Waals surface area contributed by atoms with E-state index in [2.05, 4.69) is 35.1 Å². The molecule has 0 spiro atoms. The number of aromatic nitrogens is 1. The minimum atomic E-state index is 0.106. The summed E-state index contributed by atoms with van der Waals surface area (Å²) in [6.07, 6.45) is 5.68. The Morgan fingerprint density at radius 1 is 1.22 bits per heavy atom. The fourth-order valence-corrected chi connectivity index (χ4v) is 3.47. The predicted octanol–water partition coefficient (Wildman–Crippen LogP) is 2.66. The monoisotopic (exact) mass is 316 g/mol. The molecule has 2 amide bonds. The zero-order chi connectivity index (χ0) is 16.2. The standard InChI is InChI=1S/C18H28N4O/c1-14(16-6-5-7-16)20-18(23)22-12-10-21(11-13-22)15(2)17-8-3-4-9-19-17/h3-4,8-9,14-16H,5-7,10-13H2,1-2H3,(H,20,23)/t14-,15-/m1/s1. The summed E-state index contributed by atoms with van der Waals surface area (Å²) in [6.45, 7) is 7.73. The summed E-state index contributed by atoms with van der Waals surface area (Å²) in [5.74, 6) is 0.685. The third-order valence-electron chi connectivity index (χ3n) is 5.47. The van der Waals surface area contributed by atoms with Gasteiger partial charge in [-0.15, -0.1) is 0 Å². The first-order valence-electron chi connectivity index (χ1n) is 8.85. The van der Waals surface area contributed by atoms with Gasteiger partial charge in [0.05, 0.1) is 5.69 Å². The molecule has 1 N–H and O–H groups in total. The number of carbonyl (C=O) groups excluding carboxylic acids is 1. The molecule has 126 valence electrons. The number of hydrogen-bond acceptors (Lipinski definition) is 3. The second kappa shape index (κ2) is 7.30. The molecule has 1 saturated heterocycles. The van der Waals surface area contributed by atoms with Gasteiger partial charge < -0.3 is 10.2 Å². The smallest absolute Gasteiger partial charge is 0.317 e. The van der Waals surface area contributed by atoms with Crippen molar-refractivity contribution >= 4 is 6.03 Å². The molecule has 0 radical (unpaired) electrons. The first-order valence-corrected chi connectivity index (χ1v) is 8.85. The minimum absolute atomic E-state index is 0.106. The van der Waals surface area contributed by atoms with E-state index < -0.39 is 0 Å². The number of rotatable bonds is 4. The van der Waals surface area contributed by atoms with Gasteiger partial charge in [-0.1, -0.05) is 12.5 Å². The van der Waals surface area contributed by atoms with Crippen LogP contribution in [0.5, 0.6) is 0 Å². The molecule has 1 saturated carbocycles. The molecule has 0 bridgehead atoms.